The molecular weight excluding hydrogens is 488 g/mol. The first-order valence-corrected chi connectivity index (χ1v) is 12.0. The minimum atomic E-state index is -1.23. The molecule has 0 radical (unpaired) electrons. The van der Waals surface area contributed by atoms with Crippen molar-refractivity contribution in [3.8, 4) is 0 Å². The second-order valence-corrected chi connectivity index (χ2v) is 9.96. The Morgan fingerprint density at radius 1 is 1.45 bits per heavy atom. The third-order valence-corrected chi connectivity index (χ3v) is 8.04. The number of rotatable bonds is 7. The zero-order valence-corrected chi connectivity index (χ0v) is 18.4. The summed E-state index contributed by atoms with van der Waals surface area (Å²) in [4.78, 5) is 42.0. The number of β-lactam (4-membered cyclic amide) rings is 1. The van der Waals surface area contributed by atoms with Gasteiger partial charge in [-0.25, -0.2) is 4.79 Å². The van der Waals surface area contributed by atoms with Crippen LogP contribution in [0.4, 0.5) is 5.13 Å². The molecule has 13 nitrogen and oxygen atoms in total. The van der Waals surface area contributed by atoms with Gasteiger partial charge in [-0.15, -0.1) is 22.0 Å². The quantitative estimate of drug-likeness (QED) is 0.127. The Balaban J connectivity index is 1.48. The molecule has 0 aromatic carbocycles. The number of oxime groups is 1. The van der Waals surface area contributed by atoms with Gasteiger partial charge in [0, 0.05) is 23.0 Å². The third-order valence-electron chi connectivity index (χ3n) is 4.21. The van der Waals surface area contributed by atoms with Gasteiger partial charge in [-0.2, -0.15) is 9.36 Å². The molecule has 2 aliphatic heterocycles. The number of nitrogens with zero attached hydrogens (tertiary/aromatic N) is 6. The van der Waals surface area contributed by atoms with Crippen LogP contribution in [0.1, 0.15) is 5.82 Å². The van der Waals surface area contributed by atoms with Gasteiger partial charge < -0.3 is 21.4 Å². The van der Waals surface area contributed by atoms with Crippen LogP contribution >= 0.6 is 46.4 Å². The molecule has 1 saturated heterocycles. The summed E-state index contributed by atoms with van der Waals surface area (Å²) in [6.07, 6.45) is 0. The number of hydrogen-bond donors (Lipinski definition) is 4. The molecular formula is C14H12N8O5S4. The van der Waals surface area contributed by atoms with Crippen molar-refractivity contribution in [2.75, 3.05) is 17.2 Å². The topological polar surface area (TPSA) is 197 Å². The monoisotopic (exact) mass is 500 g/mol. The SMILES string of the molecule is Nc1nc(C(=NO)C(=O)NC2C(=O)N3C(C(=O)O)=C(CSc4nncs4)CS[C@@H]23)ns1. The molecule has 4 heterocycles. The van der Waals surface area contributed by atoms with Crippen LogP contribution in [0.5, 0.6) is 0 Å². The summed E-state index contributed by atoms with van der Waals surface area (Å²) in [6, 6.07) is -0.989. The van der Waals surface area contributed by atoms with Gasteiger partial charge in [0.25, 0.3) is 11.8 Å². The highest BCUT2D eigenvalue weighted by Crippen LogP contribution is 2.41. The summed E-state index contributed by atoms with van der Waals surface area (Å²) < 4.78 is 4.49. The van der Waals surface area contributed by atoms with E-state index < -0.39 is 34.9 Å². The molecule has 2 atom stereocenters. The maximum atomic E-state index is 12.7. The first-order chi connectivity index (χ1) is 14.9. The number of fused-ring (bicyclic) bond motifs is 1. The normalized spacial score (nSPS) is 21.0. The van der Waals surface area contributed by atoms with Crippen LogP contribution in [-0.2, 0) is 14.4 Å². The van der Waals surface area contributed by atoms with Gasteiger partial charge in [0.15, 0.2) is 9.47 Å². The Bertz CT molecular complexity index is 1100. The predicted molar refractivity (Wildman–Crippen MR) is 113 cm³/mol. The molecule has 2 amide bonds. The fraction of sp³-hybridized carbons (Fsp3) is 0.286. The van der Waals surface area contributed by atoms with Crippen LogP contribution in [0.15, 0.2) is 26.3 Å². The Kier molecular flexibility index (Phi) is 6.08. The molecule has 4 rings (SSSR count). The lowest BCUT2D eigenvalue weighted by Gasteiger charge is -2.49. The number of carbonyl (C=O) groups is 3. The number of nitrogens with two attached hydrogens (primary N) is 1. The summed E-state index contributed by atoms with van der Waals surface area (Å²) in [5.74, 6) is -2.16. The molecule has 17 heteroatoms. The van der Waals surface area contributed by atoms with Crippen LogP contribution in [-0.4, -0.2) is 81.2 Å². The van der Waals surface area contributed by atoms with Gasteiger partial charge in [-0.3, -0.25) is 14.5 Å². The average Bonchev–Trinajstić information content (AvgIpc) is 3.42. The summed E-state index contributed by atoms with van der Waals surface area (Å²) in [5.41, 5.74) is 7.03. The van der Waals surface area contributed by atoms with Crippen LogP contribution in [0, 0.1) is 0 Å². The second-order valence-electron chi connectivity index (χ2n) is 6.02. The molecule has 0 aliphatic carbocycles. The van der Waals surface area contributed by atoms with E-state index >= 15 is 0 Å². The standard InChI is InChI=1S/C14H12N8O5S4/c15-13-18-8(21-31-13)5(20-27)9(23)17-6-10(24)22-7(12(25)26)4(1-28-11(6)22)2-29-14-19-16-3-30-14/h3,6,11,27H,1-2H2,(H,17,23)(H,25,26)(H2,15,18,21)/t6?,11-/m0/s1. The number of nitrogen functional groups attached to an aromatic ring is 1. The number of hydrogen-bond acceptors (Lipinski definition) is 14. The van der Waals surface area contributed by atoms with Gasteiger partial charge in [-0.05, 0) is 5.57 Å². The fourth-order valence-electron chi connectivity index (χ4n) is 2.90. The lowest BCUT2D eigenvalue weighted by molar-refractivity contribution is -0.150. The molecule has 2 aromatic heterocycles. The number of amides is 2. The lowest BCUT2D eigenvalue weighted by atomic mass is 10.0. The molecule has 0 spiro atoms. The van der Waals surface area contributed by atoms with E-state index in [4.69, 9.17) is 10.9 Å². The van der Waals surface area contributed by atoms with Crippen molar-refractivity contribution in [2.24, 2.45) is 5.16 Å². The third kappa shape index (κ3) is 4.08. The molecule has 0 bridgehead atoms. The lowest BCUT2D eigenvalue weighted by Crippen LogP contribution is -2.71. The molecule has 1 fully saturated rings. The number of aliphatic carboxylic acids is 1. The number of carboxylic acids is 1. The average molecular weight is 501 g/mol. The number of carboxylic acid groups (broad SMARTS) is 1. The van der Waals surface area contributed by atoms with Crippen molar-refractivity contribution in [2.45, 2.75) is 15.8 Å². The van der Waals surface area contributed by atoms with Crippen molar-refractivity contribution in [1.29, 1.82) is 0 Å². The molecule has 2 aromatic rings. The summed E-state index contributed by atoms with van der Waals surface area (Å²) >= 11 is 4.81. The first-order valence-electron chi connectivity index (χ1n) is 8.32. The van der Waals surface area contributed by atoms with E-state index in [0.29, 0.717) is 21.4 Å². The Morgan fingerprint density at radius 3 is 2.87 bits per heavy atom. The van der Waals surface area contributed by atoms with E-state index in [-0.39, 0.29) is 16.7 Å². The maximum Gasteiger partial charge on any atom is 0.352 e. The summed E-state index contributed by atoms with van der Waals surface area (Å²) in [5, 5.41) is 31.3. The number of anilines is 1. The predicted octanol–water partition coefficient (Wildman–Crippen LogP) is -0.319. The highest BCUT2D eigenvalue weighted by molar-refractivity contribution is 8.01. The van der Waals surface area contributed by atoms with Crippen LogP contribution < -0.4 is 11.1 Å². The van der Waals surface area contributed by atoms with E-state index in [9.17, 15) is 19.5 Å². The van der Waals surface area contributed by atoms with Gasteiger partial charge in [-0.1, -0.05) is 28.3 Å². The molecule has 0 saturated carbocycles. The Morgan fingerprint density at radius 2 is 2.26 bits per heavy atom. The number of thioether (sulfide) groups is 2. The molecule has 1 unspecified atom stereocenters. The van der Waals surface area contributed by atoms with Gasteiger partial charge >= 0.3 is 5.97 Å². The highest BCUT2D eigenvalue weighted by Gasteiger charge is 2.54. The molecule has 2 aliphatic rings. The summed E-state index contributed by atoms with van der Waals surface area (Å²) in [6.45, 7) is 0. The highest BCUT2D eigenvalue weighted by atomic mass is 32.2. The van der Waals surface area contributed by atoms with Gasteiger partial charge in [0.1, 0.15) is 22.6 Å². The summed E-state index contributed by atoms with van der Waals surface area (Å²) in [7, 11) is 0. The number of aromatic nitrogens is 4. The van der Waals surface area contributed by atoms with Crippen LogP contribution in [0.2, 0.25) is 0 Å². The fourth-order valence-corrected chi connectivity index (χ4v) is 6.31. The Labute approximate surface area is 190 Å². The van der Waals surface area contributed by atoms with Crippen molar-refractivity contribution in [3.63, 3.8) is 0 Å². The van der Waals surface area contributed by atoms with Crippen molar-refractivity contribution >= 4 is 75.0 Å². The minimum Gasteiger partial charge on any atom is -0.477 e. The second kappa shape index (κ2) is 8.77. The van der Waals surface area contributed by atoms with E-state index in [1.807, 2.05) is 0 Å². The zero-order valence-electron chi connectivity index (χ0n) is 15.2. The van der Waals surface area contributed by atoms with Crippen molar-refractivity contribution in [1.82, 2.24) is 29.8 Å². The molecule has 5 N–H and O–H groups in total. The van der Waals surface area contributed by atoms with Gasteiger partial charge in [0.2, 0.25) is 11.5 Å². The largest absolute Gasteiger partial charge is 0.477 e. The Hall–Kier alpha value is -2.76. The number of carbonyl (C=O) groups excluding carboxylic acids is 2. The van der Waals surface area contributed by atoms with Gasteiger partial charge in [0.05, 0.1) is 0 Å². The molecule has 31 heavy (non-hydrogen) atoms. The van der Waals surface area contributed by atoms with E-state index in [2.05, 4.69) is 30.0 Å². The minimum absolute atomic E-state index is 0.0767. The zero-order chi connectivity index (χ0) is 22.1. The van der Waals surface area contributed by atoms with Crippen molar-refractivity contribution in [3.05, 3.63) is 22.6 Å². The van der Waals surface area contributed by atoms with Crippen molar-refractivity contribution < 1.29 is 24.7 Å². The maximum absolute atomic E-state index is 12.7. The van der Waals surface area contributed by atoms with Crippen LogP contribution in [0.25, 0.3) is 0 Å². The smallest absolute Gasteiger partial charge is 0.352 e. The van der Waals surface area contributed by atoms with E-state index in [0.717, 1.165) is 16.4 Å². The first kappa shape index (κ1) is 21.5. The van der Waals surface area contributed by atoms with E-state index in [1.54, 1.807) is 5.51 Å². The van der Waals surface area contributed by atoms with Crippen LogP contribution in [0.3, 0.4) is 0 Å². The van der Waals surface area contributed by atoms with E-state index in [1.165, 1.54) is 34.9 Å². The number of nitrogens with one attached hydrogen (secondary N) is 1. The molecule has 162 valence electrons.